The van der Waals surface area contributed by atoms with Crippen LogP contribution in [-0.2, 0) is 0 Å². The van der Waals surface area contributed by atoms with Crippen molar-refractivity contribution >= 4 is 0 Å². The maximum Gasteiger partial charge on any atom is 0.122 e. The van der Waals surface area contributed by atoms with Gasteiger partial charge in [-0.3, -0.25) is 0 Å². The van der Waals surface area contributed by atoms with E-state index in [2.05, 4.69) is 26.8 Å². The van der Waals surface area contributed by atoms with Crippen LogP contribution in [0.4, 0.5) is 0 Å². The molecule has 1 rings (SSSR count). The Kier molecular flexibility index (Phi) is 5.49. The third kappa shape index (κ3) is 5.22. The first-order chi connectivity index (χ1) is 8.05. The van der Waals surface area contributed by atoms with Gasteiger partial charge in [0.1, 0.15) is 5.75 Å². The molecule has 2 N–H and O–H groups in total. The molecule has 0 aliphatic heterocycles. The van der Waals surface area contributed by atoms with Crippen LogP contribution in [-0.4, -0.2) is 13.2 Å². The molecule has 0 aromatic heterocycles. The van der Waals surface area contributed by atoms with Gasteiger partial charge in [0.15, 0.2) is 0 Å². The summed E-state index contributed by atoms with van der Waals surface area (Å²) in [7, 11) is 0. The van der Waals surface area contributed by atoms with Crippen LogP contribution in [0.1, 0.15) is 38.7 Å². The number of aryl methyl sites for hydroxylation is 1. The Balaban J connectivity index is 2.19. The number of hydrogen-bond acceptors (Lipinski definition) is 2. The molecule has 96 valence electrons. The number of rotatable bonds is 7. The van der Waals surface area contributed by atoms with E-state index in [1.54, 1.807) is 0 Å². The zero-order chi connectivity index (χ0) is 12.7. The highest BCUT2D eigenvalue weighted by atomic mass is 16.5. The second-order valence-corrected chi connectivity index (χ2v) is 5.44. The van der Waals surface area contributed by atoms with Crippen molar-refractivity contribution in [3.05, 3.63) is 29.8 Å². The van der Waals surface area contributed by atoms with Crippen LogP contribution >= 0.6 is 0 Å². The fraction of sp³-hybridized carbons (Fsp3) is 0.600. The normalized spacial score (nSPS) is 11.5. The molecule has 0 unspecified atom stereocenters. The predicted molar refractivity (Wildman–Crippen MR) is 73.4 cm³/mol. The summed E-state index contributed by atoms with van der Waals surface area (Å²) in [6, 6.07) is 8.15. The van der Waals surface area contributed by atoms with E-state index >= 15 is 0 Å². The van der Waals surface area contributed by atoms with E-state index in [4.69, 9.17) is 10.5 Å². The molecular weight excluding hydrogens is 210 g/mol. The summed E-state index contributed by atoms with van der Waals surface area (Å²) < 4.78 is 5.75. The van der Waals surface area contributed by atoms with Gasteiger partial charge in [0.2, 0.25) is 0 Å². The first kappa shape index (κ1) is 14.0. The molecule has 1 aromatic rings. The lowest BCUT2D eigenvalue weighted by Gasteiger charge is -2.21. The summed E-state index contributed by atoms with van der Waals surface area (Å²) in [5.41, 5.74) is 7.17. The smallest absolute Gasteiger partial charge is 0.122 e. The van der Waals surface area contributed by atoms with Gasteiger partial charge in [0.25, 0.3) is 0 Å². The molecule has 0 spiro atoms. The summed E-state index contributed by atoms with van der Waals surface area (Å²) in [6.07, 6.45) is 3.44. The highest BCUT2D eigenvalue weighted by Gasteiger charge is 2.14. The lowest BCUT2D eigenvalue weighted by Crippen LogP contribution is -2.23. The minimum absolute atomic E-state index is 0.267. The molecule has 0 saturated heterocycles. The van der Waals surface area contributed by atoms with Gasteiger partial charge in [-0.2, -0.15) is 0 Å². The second kappa shape index (κ2) is 6.65. The van der Waals surface area contributed by atoms with Crippen molar-refractivity contribution in [2.45, 2.75) is 40.0 Å². The number of benzene rings is 1. The van der Waals surface area contributed by atoms with Crippen molar-refractivity contribution in [3.63, 3.8) is 0 Å². The minimum atomic E-state index is 0.267. The molecule has 0 fully saturated rings. The van der Waals surface area contributed by atoms with Gasteiger partial charge in [0.05, 0.1) is 6.61 Å². The van der Waals surface area contributed by atoms with Crippen molar-refractivity contribution in [2.24, 2.45) is 11.1 Å². The number of unbranched alkanes of at least 4 members (excludes halogenated alkanes) is 1. The van der Waals surface area contributed by atoms with Crippen LogP contribution in [0.5, 0.6) is 5.75 Å². The van der Waals surface area contributed by atoms with Crippen LogP contribution in [0.25, 0.3) is 0 Å². The number of hydrogen-bond donors (Lipinski definition) is 1. The Bertz CT molecular complexity index is 333. The summed E-state index contributed by atoms with van der Waals surface area (Å²) in [6.45, 7) is 8.06. The average Bonchev–Trinajstić information content (AvgIpc) is 2.31. The maximum absolute atomic E-state index is 5.75. The van der Waals surface area contributed by atoms with E-state index in [-0.39, 0.29) is 5.41 Å². The fourth-order valence-electron chi connectivity index (χ4n) is 1.71. The van der Waals surface area contributed by atoms with Gasteiger partial charge in [-0.15, -0.1) is 0 Å². The standard InChI is InChI=1S/C15H25NO/c1-13-8-4-5-9-14(13)17-11-7-6-10-15(2,3)12-16/h4-5,8-9H,6-7,10-12,16H2,1-3H3. The Morgan fingerprint density at radius 1 is 1.18 bits per heavy atom. The summed E-state index contributed by atoms with van der Waals surface area (Å²) in [5.74, 6) is 1.01. The first-order valence-corrected chi connectivity index (χ1v) is 6.44. The van der Waals surface area contributed by atoms with Crippen LogP contribution in [0.2, 0.25) is 0 Å². The van der Waals surface area contributed by atoms with Gasteiger partial charge >= 0.3 is 0 Å². The van der Waals surface area contributed by atoms with Crippen LogP contribution in [0.15, 0.2) is 24.3 Å². The largest absolute Gasteiger partial charge is 0.493 e. The Hall–Kier alpha value is -1.02. The number of para-hydroxylation sites is 1. The third-order valence-electron chi connectivity index (χ3n) is 3.15. The van der Waals surface area contributed by atoms with E-state index in [9.17, 15) is 0 Å². The molecule has 0 atom stereocenters. The molecule has 17 heavy (non-hydrogen) atoms. The van der Waals surface area contributed by atoms with Crippen LogP contribution in [0, 0.1) is 12.3 Å². The Labute approximate surface area is 105 Å². The lowest BCUT2D eigenvalue weighted by atomic mass is 9.87. The lowest BCUT2D eigenvalue weighted by molar-refractivity contribution is 0.277. The molecule has 2 nitrogen and oxygen atoms in total. The van der Waals surface area contributed by atoms with Crippen molar-refractivity contribution in [3.8, 4) is 5.75 Å². The molecule has 0 bridgehead atoms. The molecule has 2 heteroatoms. The van der Waals surface area contributed by atoms with Gasteiger partial charge in [-0.05, 0) is 49.8 Å². The van der Waals surface area contributed by atoms with Crippen molar-refractivity contribution in [1.82, 2.24) is 0 Å². The monoisotopic (exact) mass is 235 g/mol. The molecular formula is C15H25NO. The van der Waals surface area contributed by atoms with Crippen molar-refractivity contribution in [1.29, 1.82) is 0 Å². The summed E-state index contributed by atoms with van der Waals surface area (Å²) >= 11 is 0. The molecule has 0 saturated carbocycles. The van der Waals surface area contributed by atoms with E-state index in [0.717, 1.165) is 25.3 Å². The van der Waals surface area contributed by atoms with E-state index in [0.29, 0.717) is 0 Å². The van der Waals surface area contributed by atoms with Gasteiger partial charge in [0, 0.05) is 0 Å². The van der Waals surface area contributed by atoms with Gasteiger partial charge in [-0.25, -0.2) is 0 Å². The zero-order valence-electron chi connectivity index (χ0n) is 11.3. The van der Waals surface area contributed by atoms with Crippen molar-refractivity contribution in [2.75, 3.05) is 13.2 Å². The summed E-state index contributed by atoms with van der Waals surface area (Å²) in [4.78, 5) is 0. The van der Waals surface area contributed by atoms with E-state index in [1.807, 2.05) is 18.2 Å². The van der Waals surface area contributed by atoms with Crippen molar-refractivity contribution < 1.29 is 4.74 Å². The first-order valence-electron chi connectivity index (χ1n) is 6.44. The Morgan fingerprint density at radius 3 is 2.53 bits per heavy atom. The van der Waals surface area contributed by atoms with Gasteiger partial charge in [-0.1, -0.05) is 32.0 Å². The predicted octanol–water partition coefficient (Wildman–Crippen LogP) is 3.53. The quantitative estimate of drug-likeness (QED) is 0.734. The van der Waals surface area contributed by atoms with Gasteiger partial charge < -0.3 is 10.5 Å². The Morgan fingerprint density at radius 2 is 1.88 bits per heavy atom. The highest BCUT2D eigenvalue weighted by molar-refractivity contribution is 5.31. The van der Waals surface area contributed by atoms with E-state index in [1.165, 1.54) is 18.4 Å². The number of nitrogens with two attached hydrogens (primary N) is 1. The molecule has 0 heterocycles. The number of ether oxygens (including phenoxy) is 1. The maximum atomic E-state index is 5.75. The minimum Gasteiger partial charge on any atom is -0.493 e. The zero-order valence-corrected chi connectivity index (χ0v) is 11.3. The second-order valence-electron chi connectivity index (χ2n) is 5.44. The molecule has 0 amide bonds. The van der Waals surface area contributed by atoms with Crippen LogP contribution < -0.4 is 10.5 Å². The molecule has 1 aromatic carbocycles. The van der Waals surface area contributed by atoms with E-state index < -0.39 is 0 Å². The molecule has 0 radical (unpaired) electrons. The fourth-order valence-corrected chi connectivity index (χ4v) is 1.71. The van der Waals surface area contributed by atoms with Crippen LogP contribution in [0.3, 0.4) is 0 Å². The highest BCUT2D eigenvalue weighted by Crippen LogP contribution is 2.22. The SMILES string of the molecule is Cc1ccccc1OCCCCC(C)(C)CN. The summed E-state index contributed by atoms with van der Waals surface area (Å²) in [5, 5.41) is 0. The molecule has 0 aliphatic carbocycles. The average molecular weight is 235 g/mol. The third-order valence-corrected chi connectivity index (χ3v) is 3.15. The molecule has 0 aliphatic rings. The topological polar surface area (TPSA) is 35.2 Å².